The molecule has 3 aromatic carbocycles. The number of nitrogens with zero attached hydrogens (tertiary/aromatic N) is 1. The topological polar surface area (TPSA) is 93.4 Å². The third-order valence-corrected chi connectivity index (χ3v) is 4.71. The maximum atomic E-state index is 13.8. The van der Waals surface area contributed by atoms with Gasteiger partial charge in [0.05, 0.1) is 17.6 Å². The number of halogens is 3. The molecular formula is C23H17F3N2O3. The number of carbonyl (C=O) groups is 1. The lowest BCUT2D eigenvalue weighted by atomic mass is 9.88. The van der Waals surface area contributed by atoms with Gasteiger partial charge in [-0.3, -0.25) is 4.79 Å². The minimum Gasteiger partial charge on any atom is -0.507 e. The number of nitriles is 1. The Bertz CT molecular complexity index is 1150. The second-order valence-electron chi connectivity index (χ2n) is 6.90. The van der Waals surface area contributed by atoms with Crippen LogP contribution in [0.5, 0.6) is 11.5 Å². The molecule has 3 aromatic rings. The molecule has 8 heteroatoms. The van der Waals surface area contributed by atoms with Gasteiger partial charge in [-0.25, -0.2) is 0 Å². The molecule has 0 saturated heterocycles. The van der Waals surface area contributed by atoms with Crippen LogP contribution in [0.3, 0.4) is 0 Å². The molecule has 0 heterocycles. The lowest BCUT2D eigenvalue weighted by Crippen LogP contribution is -2.16. The molecule has 0 aliphatic rings. The molecule has 0 spiro atoms. The zero-order chi connectivity index (χ0) is 22.8. The Morgan fingerprint density at radius 2 is 1.65 bits per heavy atom. The average molecular weight is 426 g/mol. The van der Waals surface area contributed by atoms with E-state index in [-0.39, 0.29) is 11.3 Å². The van der Waals surface area contributed by atoms with E-state index in [1.807, 2.05) is 13.0 Å². The molecule has 0 saturated carbocycles. The van der Waals surface area contributed by atoms with Crippen LogP contribution in [-0.4, -0.2) is 16.1 Å². The molecule has 0 bridgehead atoms. The number of hydrogen-bond acceptors (Lipinski definition) is 4. The summed E-state index contributed by atoms with van der Waals surface area (Å²) in [6.45, 7) is 1.83. The maximum absolute atomic E-state index is 13.8. The highest BCUT2D eigenvalue weighted by Crippen LogP contribution is 2.39. The number of hydrogen-bond donors (Lipinski definition) is 3. The van der Waals surface area contributed by atoms with Crippen molar-refractivity contribution in [3.63, 3.8) is 0 Å². The minimum atomic E-state index is -4.78. The van der Waals surface area contributed by atoms with Crippen molar-refractivity contribution in [2.24, 2.45) is 0 Å². The molecule has 1 unspecified atom stereocenters. The Labute approximate surface area is 176 Å². The van der Waals surface area contributed by atoms with Gasteiger partial charge in [0.1, 0.15) is 17.1 Å². The number of alkyl halides is 3. The third kappa shape index (κ3) is 4.61. The molecule has 0 aliphatic carbocycles. The lowest BCUT2D eigenvalue weighted by molar-refractivity contribution is -0.138. The van der Waals surface area contributed by atoms with Gasteiger partial charge in [-0.2, -0.15) is 18.4 Å². The van der Waals surface area contributed by atoms with Crippen molar-refractivity contribution in [1.82, 2.24) is 0 Å². The van der Waals surface area contributed by atoms with Gasteiger partial charge in [0.2, 0.25) is 0 Å². The fourth-order valence-corrected chi connectivity index (χ4v) is 3.17. The van der Waals surface area contributed by atoms with Gasteiger partial charge >= 0.3 is 6.18 Å². The molecule has 3 rings (SSSR count). The van der Waals surface area contributed by atoms with E-state index in [2.05, 4.69) is 5.32 Å². The van der Waals surface area contributed by atoms with Crippen LogP contribution in [0, 0.1) is 18.3 Å². The van der Waals surface area contributed by atoms with Crippen molar-refractivity contribution in [2.75, 3.05) is 5.32 Å². The fraction of sp³-hybridized carbons (Fsp3) is 0.130. The number of amides is 1. The van der Waals surface area contributed by atoms with Crippen LogP contribution < -0.4 is 5.32 Å². The van der Waals surface area contributed by atoms with Crippen LogP contribution in [0.4, 0.5) is 18.9 Å². The smallest absolute Gasteiger partial charge is 0.416 e. The standard InChI is InChI=1S/C23H17F3N2O3/c1-13-5-7-14(8-6-13)17(12-27)16-10-9-15(11-18(16)23(24,25)26)28-22(31)21-19(29)3-2-4-20(21)30/h2-11,17,29-30H,1H3,(H,28,31). The zero-order valence-corrected chi connectivity index (χ0v) is 16.2. The number of rotatable bonds is 4. The summed E-state index contributed by atoms with van der Waals surface area (Å²) < 4.78 is 41.4. The number of anilines is 1. The molecule has 0 aliphatic heterocycles. The number of carbonyl (C=O) groups excluding carboxylic acids is 1. The van der Waals surface area contributed by atoms with E-state index in [0.717, 1.165) is 29.8 Å². The summed E-state index contributed by atoms with van der Waals surface area (Å²) in [6.07, 6.45) is -4.78. The SMILES string of the molecule is Cc1ccc(C(C#N)c2ccc(NC(=O)c3c(O)cccc3O)cc2C(F)(F)F)cc1. The van der Waals surface area contributed by atoms with Crippen molar-refractivity contribution in [3.8, 4) is 17.6 Å². The van der Waals surface area contributed by atoms with E-state index in [1.54, 1.807) is 24.3 Å². The molecule has 31 heavy (non-hydrogen) atoms. The summed E-state index contributed by atoms with van der Waals surface area (Å²) in [7, 11) is 0. The van der Waals surface area contributed by atoms with Crippen molar-refractivity contribution < 1.29 is 28.2 Å². The van der Waals surface area contributed by atoms with Gasteiger partial charge in [-0.1, -0.05) is 42.0 Å². The molecule has 0 fully saturated rings. The number of phenols is 2. The van der Waals surface area contributed by atoms with Gasteiger partial charge in [0.15, 0.2) is 0 Å². The molecule has 1 atom stereocenters. The predicted molar refractivity (Wildman–Crippen MR) is 108 cm³/mol. The first kappa shape index (κ1) is 21.7. The summed E-state index contributed by atoms with van der Waals surface area (Å²) in [5.41, 5.74) is -0.670. The zero-order valence-electron chi connectivity index (χ0n) is 16.2. The highest BCUT2D eigenvalue weighted by atomic mass is 19.4. The monoisotopic (exact) mass is 426 g/mol. The molecular weight excluding hydrogens is 409 g/mol. The first-order valence-electron chi connectivity index (χ1n) is 9.11. The van der Waals surface area contributed by atoms with E-state index < -0.39 is 40.6 Å². The van der Waals surface area contributed by atoms with Crippen LogP contribution in [-0.2, 0) is 6.18 Å². The lowest BCUT2D eigenvalue weighted by Gasteiger charge is -2.19. The summed E-state index contributed by atoms with van der Waals surface area (Å²) >= 11 is 0. The van der Waals surface area contributed by atoms with E-state index in [4.69, 9.17) is 0 Å². The van der Waals surface area contributed by atoms with Crippen molar-refractivity contribution >= 4 is 11.6 Å². The summed E-state index contributed by atoms with van der Waals surface area (Å²) in [5.74, 6) is -3.18. The van der Waals surface area contributed by atoms with Crippen LogP contribution in [0.1, 0.15) is 38.5 Å². The Kier molecular flexibility index (Phi) is 5.88. The van der Waals surface area contributed by atoms with Gasteiger partial charge in [-0.15, -0.1) is 0 Å². The number of aryl methyl sites for hydroxylation is 1. The van der Waals surface area contributed by atoms with E-state index in [0.29, 0.717) is 5.56 Å². The van der Waals surface area contributed by atoms with Crippen LogP contribution >= 0.6 is 0 Å². The minimum absolute atomic E-state index is 0.204. The maximum Gasteiger partial charge on any atom is 0.416 e. The summed E-state index contributed by atoms with van der Waals surface area (Å²) in [4.78, 5) is 12.4. The Morgan fingerprint density at radius 1 is 1.03 bits per heavy atom. The third-order valence-electron chi connectivity index (χ3n) is 4.71. The predicted octanol–water partition coefficient (Wildman–Crippen LogP) is 5.33. The van der Waals surface area contributed by atoms with Gasteiger partial charge < -0.3 is 15.5 Å². The number of nitrogens with one attached hydrogen (secondary N) is 1. The molecule has 158 valence electrons. The highest BCUT2D eigenvalue weighted by Gasteiger charge is 2.36. The Balaban J connectivity index is 2.02. The summed E-state index contributed by atoms with van der Waals surface area (Å²) in [6, 6.07) is 15.3. The molecule has 5 nitrogen and oxygen atoms in total. The van der Waals surface area contributed by atoms with E-state index >= 15 is 0 Å². The van der Waals surface area contributed by atoms with Gasteiger partial charge in [-0.05, 0) is 42.3 Å². The van der Waals surface area contributed by atoms with E-state index in [9.17, 15) is 33.4 Å². The number of aromatic hydroxyl groups is 2. The average Bonchev–Trinajstić information content (AvgIpc) is 2.70. The number of phenolic OH excluding ortho intramolecular Hbond substituents is 2. The second-order valence-corrected chi connectivity index (χ2v) is 6.90. The van der Waals surface area contributed by atoms with Crippen LogP contribution in [0.2, 0.25) is 0 Å². The van der Waals surface area contributed by atoms with Gasteiger partial charge in [0.25, 0.3) is 5.91 Å². The summed E-state index contributed by atoms with van der Waals surface area (Å²) in [5, 5.41) is 31.4. The first-order chi connectivity index (χ1) is 14.6. The molecule has 1 amide bonds. The van der Waals surface area contributed by atoms with Crippen molar-refractivity contribution in [2.45, 2.75) is 19.0 Å². The quantitative estimate of drug-likeness (QED) is 0.526. The molecule has 0 radical (unpaired) electrons. The van der Waals surface area contributed by atoms with Crippen LogP contribution in [0.15, 0.2) is 60.7 Å². The van der Waals surface area contributed by atoms with Crippen molar-refractivity contribution in [3.05, 3.63) is 88.5 Å². The Morgan fingerprint density at radius 3 is 2.19 bits per heavy atom. The normalized spacial score (nSPS) is 12.1. The van der Waals surface area contributed by atoms with Crippen molar-refractivity contribution in [1.29, 1.82) is 5.26 Å². The molecule has 0 aromatic heterocycles. The molecule has 3 N–H and O–H groups in total. The Hall–Kier alpha value is -3.99. The van der Waals surface area contributed by atoms with Gasteiger partial charge in [0, 0.05) is 5.69 Å². The van der Waals surface area contributed by atoms with Crippen LogP contribution in [0.25, 0.3) is 0 Å². The van der Waals surface area contributed by atoms with E-state index in [1.165, 1.54) is 12.1 Å². The second kappa shape index (κ2) is 8.40. The fourth-order valence-electron chi connectivity index (χ4n) is 3.17. The number of benzene rings is 3. The largest absolute Gasteiger partial charge is 0.507 e. The first-order valence-corrected chi connectivity index (χ1v) is 9.11. The highest BCUT2D eigenvalue weighted by molar-refractivity contribution is 6.08.